The molecular weight excluding hydrogens is 260 g/mol. The second-order valence-corrected chi connectivity index (χ2v) is 7.15. The van der Waals surface area contributed by atoms with Gasteiger partial charge in [0.25, 0.3) is 0 Å². The minimum absolute atomic E-state index is 0.101. The van der Waals surface area contributed by atoms with E-state index in [-0.39, 0.29) is 11.5 Å². The highest BCUT2D eigenvalue weighted by atomic mass is 16.5. The number of hydrogen-bond donors (Lipinski definition) is 0. The Morgan fingerprint density at radius 2 is 1.90 bits per heavy atom. The number of aryl methyl sites for hydroxylation is 1. The first-order chi connectivity index (χ1) is 10.0. The predicted octanol–water partition coefficient (Wildman–Crippen LogP) is 4.79. The van der Waals surface area contributed by atoms with Gasteiger partial charge in [-0.15, -0.1) is 0 Å². The zero-order valence-corrected chi connectivity index (χ0v) is 13.4. The number of ether oxygens (including phenoxy) is 1. The third kappa shape index (κ3) is 2.49. The Balaban J connectivity index is 1.84. The molecule has 1 atom stereocenters. The van der Waals surface area contributed by atoms with Crippen molar-refractivity contribution < 1.29 is 9.53 Å². The lowest BCUT2D eigenvalue weighted by Gasteiger charge is -2.49. The summed E-state index contributed by atoms with van der Waals surface area (Å²) in [6.45, 7) is 6.49. The first kappa shape index (κ1) is 14.6. The second-order valence-electron chi connectivity index (χ2n) is 7.15. The molecular formula is C19H26O2. The molecule has 0 aliphatic heterocycles. The van der Waals surface area contributed by atoms with E-state index in [9.17, 15) is 4.79 Å². The fourth-order valence-electron chi connectivity index (χ4n) is 3.93. The van der Waals surface area contributed by atoms with Crippen LogP contribution in [0.5, 0.6) is 5.75 Å². The molecule has 2 saturated carbocycles. The Labute approximate surface area is 127 Å². The molecule has 0 aromatic heterocycles. The van der Waals surface area contributed by atoms with E-state index in [1.807, 2.05) is 0 Å². The molecule has 2 aliphatic carbocycles. The summed E-state index contributed by atoms with van der Waals surface area (Å²) < 4.78 is 6.37. The van der Waals surface area contributed by atoms with Crippen molar-refractivity contribution >= 4 is 5.78 Å². The van der Waals surface area contributed by atoms with Crippen LogP contribution in [0.15, 0.2) is 18.2 Å². The van der Waals surface area contributed by atoms with Crippen molar-refractivity contribution in [1.29, 1.82) is 0 Å². The lowest BCUT2D eigenvalue weighted by Crippen LogP contribution is -2.57. The van der Waals surface area contributed by atoms with Crippen LogP contribution in [0.4, 0.5) is 0 Å². The van der Waals surface area contributed by atoms with E-state index in [0.29, 0.717) is 18.1 Å². The van der Waals surface area contributed by atoms with Crippen molar-refractivity contribution in [3.8, 4) is 5.75 Å². The molecule has 0 saturated heterocycles. The average molecular weight is 286 g/mol. The van der Waals surface area contributed by atoms with E-state index in [2.05, 4.69) is 39.0 Å². The van der Waals surface area contributed by atoms with Crippen LogP contribution < -0.4 is 4.74 Å². The smallest absolute Gasteiger partial charge is 0.146 e. The Kier molecular flexibility index (Phi) is 3.81. The summed E-state index contributed by atoms with van der Waals surface area (Å²) in [5, 5.41) is 0. The average Bonchev–Trinajstić information content (AvgIpc) is 2.47. The number of hydrogen-bond acceptors (Lipinski definition) is 2. The van der Waals surface area contributed by atoms with Crippen LogP contribution in [0.3, 0.4) is 0 Å². The first-order valence-corrected chi connectivity index (χ1v) is 8.33. The Hall–Kier alpha value is -1.31. The summed E-state index contributed by atoms with van der Waals surface area (Å²) in [6.07, 6.45) is 6.38. The molecule has 0 amide bonds. The van der Waals surface area contributed by atoms with Crippen molar-refractivity contribution in [2.75, 3.05) is 0 Å². The van der Waals surface area contributed by atoms with Gasteiger partial charge in [-0.05, 0) is 42.9 Å². The number of Topliss-reactive ketones (excluding diaryl/α,β-unsaturated/α-hetero) is 1. The number of ketones is 1. The monoisotopic (exact) mass is 286 g/mol. The summed E-state index contributed by atoms with van der Waals surface area (Å²) in [5.41, 5.74) is 2.32. The van der Waals surface area contributed by atoms with Crippen LogP contribution in [0, 0.1) is 12.3 Å². The zero-order valence-electron chi connectivity index (χ0n) is 13.4. The molecule has 0 N–H and O–H groups in total. The Morgan fingerprint density at radius 1 is 1.19 bits per heavy atom. The van der Waals surface area contributed by atoms with E-state index in [1.54, 1.807) is 0 Å². The zero-order chi connectivity index (χ0) is 15.0. The molecule has 0 bridgehead atoms. The van der Waals surface area contributed by atoms with Gasteiger partial charge in [-0.2, -0.15) is 0 Å². The molecule has 1 unspecified atom stereocenters. The maximum Gasteiger partial charge on any atom is 0.146 e. The van der Waals surface area contributed by atoms with E-state index >= 15 is 0 Å². The van der Waals surface area contributed by atoms with Gasteiger partial charge in [0.1, 0.15) is 17.6 Å². The van der Waals surface area contributed by atoms with Gasteiger partial charge in [0.05, 0.1) is 5.41 Å². The molecule has 21 heavy (non-hydrogen) atoms. The van der Waals surface area contributed by atoms with E-state index in [1.165, 1.54) is 30.4 Å². The van der Waals surface area contributed by atoms with Gasteiger partial charge < -0.3 is 4.74 Å². The van der Waals surface area contributed by atoms with Crippen molar-refractivity contribution in [3.05, 3.63) is 29.3 Å². The Bertz CT molecular complexity index is 538. The van der Waals surface area contributed by atoms with Crippen molar-refractivity contribution in [2.24, 2.45) is 5.41 Å². The van der Waals surface area contributed by atoms with Crippen molar-refractivity contribution in [1.82, 2.24) is 0 Å². The molecule has 0 radical (unpaired) electrons. The molecule has 114 valence electrons. The topological polar surface area (TPSA) is 26.3 Å². The van der Waals surface area contributed by atoms with Gasteiger partial charge in [-0.1, -0.05) is 45.2 Å². The lowest BCUT2D eigenvalue weighted by molar-refractivity contribution is -0.156. The molecule has 1 aromatic rings. The van der Waals surface area contributed by atoms with Gasteiger partial charge in [-0.3, -0.25) is 4.79 Å². The number of carbonyl (C=O) groups is 1. The molecule has 1 aromatic carbocycles. The molecule has 3 rings (SSSR count). The third-order valence-electron chi connectivity index (χ3n) is 5.35. The van der Waals surface area contributed by atoms with Crippen LogP contribution in [0.1, 0.15) is 69.4 Å². The molecule has 2 heteroatoms. The largest absolute Gasteiger partial charge is 0.489 e. The van der Waals surface area contributed by atoms with Crippen LogP contribution >= 0.6 is 0 Å². The summed E-state index contributed by atoms with van der Waals surface area (Å²) in [5.74, 6) is 1.87. The molecule has 2 aliphatic rings. The Morgan fingerprint density at radius 3 is 2.52 bits per heavy atom. The highest BCUT2D eigenvalue weighted by Gasteiger charge is 2.56. The van der Waals surface area contributed by atoms with E-state index < -0.39 is 0 Å². The van der Waals surface area contributed by atoms with Gasteiger partial charge in [-0.25, -0.2) is 0 Å². The SMILES string of the molecule is Cc1ccc(C(C)C)c(OC2CC(=O)C23CCCCC3)c1. The normalized spacial score (nSPS) is 24.2. The number of carbonyl (C=O) groups excluding carboxylic acids is 1. The number of rotatable bonds is 3. The van der Waals surface area contributed by atoms with E-state index in [4.69, 9.17) is 4.74 Å². The van der Waals surface area contributed by atoms with E-state index in [0.717, 1.165) is 18.6 Å². The highest BCUT2D eigenvalue weighted by Crippen LogP contribution is 2.51. The highest BCUT2D eigenvalue weighted by molar-refractivity contribution is 5.92. The van der Waals surface area contributed by atoms with Crippen LogP contribution in [-0.2, 0) is 4.79 Å². The molecule has 2 fully saturated rings. The molecule has 1 spiro atoms. The van der Waals surface area contributed by atoms with Crippen LogP contribution in [0.25, 0.3) is 0 Å². The summed E-state index contributed by atoms with van der Waals surface area (Å²) in [6, 6.07) is 6.45. The molecule has 2 nitrogen and oxygen atoms in total. The van der Waals surface area contributed by atoms with Crippen molar-refractivity contribution in [2.45, 2.75) is 71.3 Å². The minimum Gasteiger partial charge on any atom is -0.489 e. The van der Waals surface area contributed by atoms with Gasteiger partial charge >= 0.3 is 0 Å². The maximum atomic E-state index is 12.2. The molecule has 0 heterocycles. The van der Waals surface area contributed by atoms with Crippen molar-refractivity contribution in [3.63, 3.8) is 0 Å². The number of benzene rings is 1. The van der Waals surface area contributed by atoms with Crippen LogP contribution in [0.2, 0.25) is 0 Å². The standard InChI is InChI=1S/C19H26O2/c1-13(2)15-8-7-14(3)11-16(15)21-18-12-17(20)19(18)9-5-4-6-10-19/h7-8,11,13,18H,4-6,9-10,12H2,1-3H3. The third-order valence-corrected chi connectivity index (χ3v) is 5.35. The quantitative estimate of drug-likeness (QED) is 0.798. The van der Waals surface area contributed by atoms with Crippen LogP contribution in [-0.4, -0.2) is 11.9 Å². The predicted molar refractivity (Wildman–Crippen MR) is 84.8 cm³/mol. The minimum atomic E-state index is -0.157. The van der Waals surface area contributed by atoms with Gasteiger partial charge in [0.2, 0.25) is 0 Å². The van der Waals surface area contributed by atoms with Gasteiger partial charge in [0, 0.05) is 6.42 Å². The summed E-state index contributed by atoms with van der Waals surface area (Å²) in [4.78, 5) is 12.2. The second kappa shape index (κ2) is 5.47. The fourth-order valence-corrected chi connectivity index (χ4v) is 3.93. The first-order valence-electron chi connectivity index (χ1n) is 8.33. The maximum absolute atomic E-state index is 12.2. The fraction of sp³-hybridized carbons (Fsp3) is 0.632. The summed E-state index contributed by atoms with van der Waals surface area (Å²) in [7, 11) is 0. The summed E-state index contributed by atoms with van der Waals surface area (Å²) >= 11 is 0. The lowest BCUT2D eigenvalue weighted by atomic mass is 9.57. The van der Waals surface area contributed by atoms with Gasteiger partial charge in [0.15, 0.2) is 0 Å².